The van der Waals surface area contributed by atoms with Gasteiger partial charge in [-0.05, 0) is 89.1 Å². The number of hydrogen-bond donors (Lipinski definition) is 10. The van der Waals surface area contributed by atoms with Gasteiger partial charge in [0.1, 0.15) is 13.1 Å². The van der Waals surface area contributed by atoms with Crippen LogP contribution in [0.4, 0.5) is 27.1 Å². The second kappa shape index (κ2) is 49.0. The van der Waals surface area contributed by atoms with Crippen molar-refractivity contribution in [2.24, 2.45) is 0 Å². The lowest BCUT2D eigenvalue weighted by Gasteiger charge is -2.27. The molecule has 129 heavy (non-hydrogen) atoms. The van der Waals surface area contributed by atoms with Crippen molar-refractivity contribution in [2.75, 3.05) is 104 Å². The Hall–Kier alpha value is -11.2. The van der Waals surface area contributed by atoms with Gasteiger partial charge in [-0.15, -0.1) is 12.6 Å². The van der Waals surface area contributed by atoms with Crippen LogP contribution in [0.25, 0.3) is 0 Å². The largest absolute Gasteiger partial charge is 0.748 e. The van der Waals surface area contributed by atoms with E-state index in [0.717, 1.165) is 12.8 Å². The number of allylic oxidation sites excluding steroid dienone is 8. The van der Waals surface area contributed by atoms with Crippen molar-refractivity contribution in [3.05, 3.63) is 164 Å². The molecular formula is C78H99FN8O35S7. The smallest absolute Gasteiger partial charge is 0.425 e. The van der Waals surface area contributed by atoms with Crippen LogP contribution < -0.4 is 31.1 Å². The number of alkyl halides is 1. The van der Waals surface area contributed by atoms with E-state index in [-0.39, 0.29) is 77.8 Å². The summed E-state index contributed by atoms with van der Waals surface area (Å²) in [6.07, 6.45) is 14.4. The number of nitrogens with zero attached hydrogens (tertiary/aromatic N) is 4. The van der Waals surface area contributed by atoms with E-state index < -0.39 is 196 Å². The fourth-order valence-corrected chi connectivity index (χ4v) is 17.3. The van der Waals surface area contributed by atoms with Crippen LogP contribution in [0.1, 0.15) is 194 Å². The van der Waals surface area contributed by atoms with E-state index in [2.05, 4.69) is 21.3 Å². The van der Waals surface area contributed by atoms with Crippen LogP contribution in [-0.4, -0.2) is 269 Å². The molecule has 0 bridgehead atoms. The molecule has 4 aliphatic heterocycles. The molecule has 0 atom stereocenters. The van der Waals surface area contributed by atoms with Gasteiger partial charge in [0.15, 0.2) is 11.4 Å². The summed E-state index contributed by atoms with van der Waals surface area (Å²) in [7, 11) is -30.8. The van der Waals surface area contributed by atoms with E-state index in [4.69, 9.17) is 51.9 Å². The highest BCUT2D eigenvalue weighted by Crippen LogP contribution is 2.53. The molecule has 0 saturated heterocycles. The van der Waals surface area contributed by atoms with Gasteiger partial charge in [0.2, 0.25) is 11.4 Å². The maximum absolute atomic E-state index is 13.8. The van der Waals surface area contributed by atoms with E-state index in [0.29, 0.717) is 93.8 Å². The van der Waals surface area contributed by atoms with Gasteiger partial charge >= 0.3 is 41.0 Å². The van der Waals surface area contributed by atoms with E-state index in [1.165, 1.54) is 24.3 Å². The number of hydrogen-bond acceptors (Lipinski definition) is 31. The third-order valence-electron chi connectivity index (χ3n) is 19.8. The Morgan fingerprint density at radius 2 is 0.752 bits per heavy atom. The second-order valence-electron chi connectivity index (χ2n) is 30.1. The molecule has 0 spiro atoms. The maximum atomic E-state index is 13.8. The molecule has 710 valence electrons. The number of fused-ring (bicyclic) bond motifs is 4. The number of rotatable bonds is 36. The fraction of sp³-hybridized carbons (Fsp3) is 0.449. The molecule has 4 aliphatic rings. The van der Waals surface area contributed by atoms with Gasteiger partial charge in [0.25, 0.3) is 64.1 Å². The first-order valence-electron chi connectivity index (χ1n) is 38.8. The lowest BCUT2D eigenvalue weighted by atomic mass is 9.78. The van der Waals surface area contributed by atoms with Crippen LogP contribution in [0, 0.1) is 0 Å². The second-order valence-corrected chi connectivity index (χ2v) is 39.8. The van der Waals surface area contributed by atoms with Gasteiger partial charge in [-0.3, -0.25) is 41.8 Å². The molecule has 0 unspecified atom stereocenters. The van der Waals surface area contributed by atoms with Crippen LogP contribution in [0.5, 0.6) is 0 Å². The van der Waals surface area contributed by atoms with Crippen LogP contribution in [0.2, 0.25) is 0 Å². The molecule has 10 N–H and O–H groups in total. The Balaban J connectivity index is 0.000000756. The number of carbonyl (C=O) groups is 6. The monoisotopic (exact) mass is 1950 g/mol. The highest BCUT2D eigenvalue weighted by Gasteiger charge is 2.50. The van der Waals surface area contributed by atoms with E-state index in [1.807, 2.05) is 85.1 Å². The molecule has 0 radical (unpaired) electrons. The first-order chi connectivity index (χ1) is 60.0. The molecule has 4 amide bonds. The van der Waals surface area contributed by atoms with Crippen molar-refractivity contribution < 1.29 is 173 Å². The number of carbonyl (C=O) groups excluding carboxylic acids is 10. The molecule has 0 fully saturated rings. The Bertz CT molecular complexity index is 6040. The summed E-state index contributed by atoms with van der Waals surface area (Å²) in [5.41, 5.74) is 3.13. The molecule has 4 aromatic rings. The molecular weight excluding hydrogens is 1850 g/mol. The first-order valence-corrected chi connectivity index (χ1v) is 48.7. The van der Waals surface area contributed by atoms with Gasteiger partial charge < -0.3 is 50.4 Å². The summed E-state index contributed by atoms with van der Waals surface area (Å²) in [6.45, 7) is 18.0. The lowest BCUT2D eigenvalue weighted by molar-refractivity contribution is -0.437. The Labute approximate surface area is 746 Å². The summed E-state index contributed by atoms with van der Waals surface area (Å²) in [5.74, 6) is -9.55. The van der Waals surface area contributed by atoms with Gasteiger partial charge in [-0.1, -0.05) is 78.7 Å². The Kier molecular flexibility index (Phi) is 42.5. The number of anilines is 2. The molecule has 0 aromatic heterocycles. The van der Waals surface area contributed by atoms with Crippen molar-refractivity contribution in [3.8, 4) is 0 Å². The quantitative estimate of drug-likeness (QED) is 0.0176. The standard InChI is InChI=1S/C38H50N4O13S3.C36H46N4O13S3.CH3F.3CO2.O3S/c1-6-7-8-18-42-29-24-25(34(43)39-16-21-57(50,51)52)23-27(35(44)40-17-22-58(53,54)55)33(29)38(4,5)31(42)15-10-14-30-37(2,3)32-26(36(45)46)12-9-13-28(32)41(30)19-11-20-56(47,48)49;1-6-16-39-27-22-23(32(41)37-14-19-55(48,49)50)21-25(33(42)38-15-20-56(51,52)53)31(27)36(4,5)28(39)12-8-13-29-35(2,3)30-24(34(43)44)10-7-11-26(30)40(29)17-9-18-54(45,46)47;1-2;3*2-1-3;1-4(2)3/h9-10,12-15,23-24H,6-8,11,16-22H2,1-5H3,(H5-,39,40,43,44,45,46,47,48,49,50,51,52,53,54,55);7-8,10-13,21-22H,6,9,14-20H2,1-5H3,(H5-,37,38,41,42,43,44,45,46,47,48,49,50,51,52,53);1H3;;;;/i;;1D;;;;. The average Bonchev–Trinajstić information content (AvgIpc) is 1.86. The number of benzene rings is 4. The topological polar surface area (TPSA) is 689 Å². The van der Waals surface area contributed by atoms with Crippen LogP contribution >= 0.6 is 0 Å². The van der Waals surface area contributed by atoms with Crippen molar-refractivity contribution in [1.82, 2.24) is 21.3 Å². The van der Waals surface area contributed by atoms with Crippen LogP contribution in [-0.2, 0) is 122 Å². The van der Waals surface area contributed by atoms with Gasteiger partial charge in [-0.2, -0.15) is 71.6 Å². The summed E-state index contributed by atoms with van der Waals surface area (Å²) in [5, 5.41) is 29.9. The summed E-state index contributed by atoms with van der Waals surface area (Å²) in [4.78, 5) is 131. The molecule has 0 aliphatic carbocycles. The minimum absolute atomic E-state index is 0.0127. The third-order valence-corrected chi connectivity index (χ3v) is 24.2. The van der Waals surface area contributed by atoms with Gasteiger partial charge in [0.05, 0.1) is 84.9 Å². The van der Waals surface area contributed by atoms with E-state index >= 15 is 0 Å². The van der Waals surface area contributed by atoms with Crippen molar-refractivity contribution in [1.29, 1.82) is 0 Å². The zero-order chi connectivity index (χ0) is 99.9. The van der Waals surface area contributed by atoms with Crippen LogP contribution in [0.15, 0.2) is 109 Å². The number of carboxylic acids is 2. The zero-order valence-corrected chi connectivity index (χ0v) is 76.8. The molecule has 4 heterocycles. The predicted octanol–water partition coefficient (Wildman–Crippen LogP) is 3.77. The molecule has 0 saturated carbocycles. The highest BCUT2D eigenvalue weighted by molar-refractivity contribution is 7.87. The van der Waals surface area contributed by atoms with Crippen LogP contribution in [0.3, 0.4) is 0 Å². The zero-order valence-electron chi connectivity index (χ0n) is 72.1. The number of nitrogens with one attached hydrogen (secondary N) is 4. The summed E-state index contributed by atoms with van der Waals surface area (Å²) in [6, 6.07) is 15.3. The minimum atomic E-state index is -4.52. The number of carboxylic acid groups (broad SMARTS) is 2. The van der Waals surface area contributed by atoms with Gasteiger partial charge in [-0.25, -0.2) is 26.4 Å². The van der Waals surface area contributed by atoms with E-state index in [9.17, 15) is 112 Å². The fourth-order valence-electron chi connectivity index (χ4n) is 14.9. The van der Waals surface area contributed by atoms with Crippen molar-refractivity contribution >= 4 is 160 Å². The molecule has 8 rings (SSSR count). The lowest BCUT2D eigenvalue weighted by Crippen LogP contribution is -2.32. The number of halogens is 1. The Morgan fingerprint density at radius 3 is 1.02 bits per heavy atom. The maximum Gasteiger partial charge on any atom is 0.425 e. The SMILES string of the molecule is CCCCCN1/C(=C/C=C/C2=[N+](CCCS(=O)(=O)[O-])c3cccc(C(=O)O)c3C2(C)C)C(C)(C)c2c(C(=O)NCCS(=O)(=O)O)cc(C(=O)NCCS(=O)(=O)O)cc21.CCCN1/C(=C/C=C/C2=[N+](CCCS(=O)(=O)[O-])c3cccc(C(=O)O)c3C2(C)C)C(C)(C)c2c(C(=O)NCCS(=O)(=O)O)cc(C(=O)NCCS(=O)(=O)O)cc21.O=C=O.O=C=O.O=C=O.O=S(=O)=O.[2H]CF. The summed E-state index contributed by atoms with van der Waals surface area (Å²) < 4.78 is 241. The predicted molar refractivity (Wildman–Crippen MR) is 455 cm³/mol. The molecule has 43 nitrogen and oxygen atoms in total. The van der Waals surface area contributed by atoms with E-state index in [1.54, 1.807) is 75.9 Å². The Morgan fingerprint density at radius 1 is 0.457 bits per heavy atom. The summed E-state index contributed by atoms with van der Waals surface area (Å²) >= 11 is 0. The molecule has 51 heteroatoms. The normalized spacial score (nSPS) is 15.5. The number of aromatic carboxylic acids is 2. The molecule has 4 aromatic carbocycles. The highest BCUT2D eigenvalue weighted by atomic mass is 32.2. The average molecular weight is 1950 g/mol. The number of amides is 4. The minimum Gasteiger partial charge on any atom is -0.748 e. The first kappa shape index (κ1) is 112. The van der Waals surface area contributed by atoms with Crippen molar-refractivity contribution in [2.45, 2.75) is 129 Å². The van der Waals surface area contributed by atoms with Crippen molar-refractivity contribution in [3.63, 3.8) is 0 Å². The number of unbranched alkanes of at least 4 members (excludes halogenated alkanes) is 2. The third kappa shape index (κ3) is 33.3. The van der Waals surface area contributed by atoms with Gasteiger partial charge in [0, 0.05) is 155 Å².